The zero-order valence-electron chi connectivity index (χ0n) is 14.8. The van der Waals surface area contributed by atoms with E-state index in [-0.39, 0.29) is 16.0 Å². The van der Waals surface area contributed by atoms with Gasteiger partial charge in [-0.2, -0.15) is 0 Å². The summed E-state index contributed by atoms with van der Waals surface area (Å²) in [6.45, 7) is 4.58. The molecular weight excluding hydrogens is 372 g/mol. The van der Waals surface area contributed by atoms with Gasteiger partial charge in [-0.1, -0.05) is 13.8 Å². The minimum absolute atomic E-state index is 0.0437. The van der Waals surface area contributed by atoms with E-state index >= 15 is 0 Å². The van der Waals surface area contributed by atoms with Crippen molar-refractivity contribution in [2.24, 2.45) is 5.92 Å². The number of ether oxygens (including phenoxy) is 1. The van der Waals surface area contributed by atoms with Crippen LogP contribution in [0.4, 0.5) is 0 Å². The van der Waals surface area contributed by atoms with E-state index in [1.54, 1.807) is 12.1 Å². The summed E-state index contributed by atoms with van der Waals surface area (Å²) in [6.07, 6.45) is 0. The van der Waals surface area contributed by atoms with Gasteiger partial charge in [-0.05, 0) is 54.4 Å². The Morgan fingerprint density at radius 1 is 1.00 bits per heavy atom. The number of rotatable bonds is 8. The normalized spacial score (nSPS) is 11.2. The van der Waals surface area contributed by atoms with Crippen LogP contribution >= 0.6 is 0 Å². The zero-order chi connectivity index (χ0) is 20.0. The van der Waals surface area contributed by atoms with Crippen molar-refractivity contribution in [3.63, 3.8) is 0 Å². The summed E-state index contributed by atoms with van der Waals surface area (Å²) in [4.78, 5) is 24.7. The van der Waals surface area contributed by atoms with Gasteiger partial charge in [0, 0.05) is 5.56 Å². The number of aromatic carboxylic acids is 1. The number of carboxylic acid groups (broad SMARTS) is 1. The minimum atomic E-state index is -4.03. The first-order valence-corrected chi connectivity index (χ1v) is 9.56. The molecule has 0 radical (unpaired) electrons. The Kier molecular flexibility index (Phi) is 6.54. The number of nitrogens with one attached hydrogen (secondary N) is 2. The molecule has 2 aromatic rings. The van der Waals surface area contributed by atoms with Crippen LogP contribution in [0.5, 0.6) is 5.75 Å². The monoisotopic (exact) mass is 392 g/mol. The lowest BCUT2D eigenvalue weighted by molar-refractivity contribution is 0.0696. The van der Waals surface area contributed by atoms with Crippen molar-refractivity contribution in [3.05, 3.63) is 59.7 Å². The van der Waals surface area contributed by atoms with Gasteiger partial charge in [0.05, 0.1) is 17.1 Å². The molecule has 0 fully saturated rings. The van der Waals surface area contributed by atoms with E-state index in [1.165, 1.54) is 12.1 Å². The molecule has 2 aromatic carbocycles. The number of hydrazine groups is 1. The number of sulfonamides is 1. The first-order valence-electron chi connectivity index (χ1n) is 8.07. The second-order valence-electron chi connectivity index (χ2n) is 6.12. The summed E-state index contributed by atoms with van der Waals surface area (Å²) in [5, 5.41) is 8.83. The molecule has 0 saturated heterocycles. The van der Waals surface area contributed by atoms with E-state index in [1.807, 2.05) is 18.7 Å². The number of benzene rings is 2. The van der Waals surface area contributed by atoms with Gasteiger partial charge in [-0.3, -0.25) is 10.2 Å². The first-order chi connectivity index (χ1) is 12.7. The van der Waals surface area contributed by atoms with E-state index in [9.17, 15) is 18.0 Å². The summed E-state index contributed by atoms with van der Waals surface area (Å²) in [6, 6.07) is 10.9. The summed E-state index contributed by atoms with van der Waals surface area (Å²) < 4.78 is 29.8. The minimum Gasteiger partial charge on any atom is -0.493 e. The SMILES string of the molecule is CC(C)COc1ccc(C(=O)NNS(=O)(=O)c2ccc(C(=O)O)cc2)cc1. The van der Waals surface area contributed by atoms with Crippen molar-refractivity contribution >= 4 is 21.9 Å². The molecule has 27 heavy (non-hydrogen) atoms. The van der Waals surface area contributed by atoms with Crippen LogP contribution in [0.1, 0.15) is 34.6 Å². The van der Waals surface area contributed by atoms with Crippen molar-refractivity contribution in [3.8, 4) is 5.75 Å². The van der Waals surface area contributed by atoms with Crippen LogP contribution in [-0.4, -0.2) is 32.0 Å². The molecule has 0 aliphatic carbocycles. The summed E-state index contributed by atoms with van der Waals surface area (Å²) >= 11 is 0. The van der Waals surface area contributed by atoms with E-state index in [4.69, 9.17) is 9.84 Å². The molecule has 0 bridgehead atoms. The fourth-order valence-corrected chi connectivity index (χ4v) is 2.83. The Balaban J connectivity index is 1.98. The Labute approximate surface area is 157 Å². The smallest absolute Gasteiger partial charge is 0.335 e. The second-order valence-corrected chi connectivity index (χ2v) is 7.80. The van der Waals surface area contributed by atoms with Crippen molar-refractivity contribution in [1.29, 1.82) is 0 Å². The summed E-state index contributed by atoms with van der Waals surface area (Å²) in [5.74, 6) is -0.830. The van der Waals surface area contributed by atoms with E-state index in [0.717, 1.165) is 24.3 Å². The molecule has 8 nitrogen and oxygen atoms in total. The summed E-state index contributed by atoms with van der Waals surface area (Å²) in [7, 11) is -4.03. The van der Waals surface area contributed by atoms with Gasteiger partial charge in [-0.25, -0.2) is 13.2 Å². The third-order valence-corrected chi connectivity index (χ3v) is 4.67. The van der Waals surface area contributed by atoms with Gasteiger partial charge in [0.15, 0.2) is 0 Å². The molecule has 144 valence electrons. The number of hydrogen-bond donors (Lipinski definition) is 3. The van der Waals surface area contributed by atoms with Crippen LogP contribution < -0.4 is 15.0 Å². The first kappa shape index (κ1) is 20.4. The maximum Gasteiger partial charge on any atom is 0.335 e. The largest absolute Gasteiger partial charge is 0.493 e. The van der Waals surface area contributed by atoms with Crippen molar-refractivity contribution in [2.45, 2.75) is 18.7 Å². The van der Waals surface area contributed by atoms with Gasteiger partial charge in [-0.15, -0.1) is 4.83 Å². The van der Waals surface area contributed by atoms with Gasteiger partial charge in [0.1, 0.15) is 5.75 Å². The Morgan fingerprint density at radius 2 is 1.56 bits per heavy atom. The average Bonchev–Trinajstić information content (AvgIpc) is 2.65. The number of amides is 1. The van der Waals surface area contributed by atoms with Crippen LogP contribution in [-0.2, 0) is 10.0 Å². The molecule has 0 unspecified atom stereocenters. The van der Waals surface area contributed by atoms with Gasteiger partial charge in [0.2, 0.25) is 0 Å². The molecule has 0 saturated carbocycles. The molecule has 0 aliphatic heterocycles. The Bertz CT molecular complexity index is 906. The maximum absolute atomic E-state index is 12.2. The Hall–Kier alpha value is -2.91. The standard InChI is InChI=1S/C18H20N2O6S/c1-12(2)11-26-15-7-3-13(4-8-15)17(21)19-20-27(24,25)16-9-5-14(6-10-16)18(22)23/h3-10,12,20H,11H2,1-2H3,(H,19,21)(H,22,23). The van der Waals surface area contributed by atoms with Crippen LogP contribution in [0.2, 0.25) is 0 Å². The van der Waals surface area contributed by atoms with Gasteiger partial charge >= 0.3 is 5.97 Å². The maximum atomic E-state index is 12.2. The average molecular weight is 392 g/mol. The lowest BCUT2D eigenvalue weighted by Crippen LogP contribution is -2.41. The highest BCUT2D eigenvalue weighted by atomic mass is 32.2. The van der Waals surface area contributed by atoms with E-state index < -0.39 is 21.9 Å². The highest BCUT2D eigenvalue weighted by Crippen LogP contribution is 2.14. The molecule has 0 heterocycles. The lowest BCUT2D eigenvalue weighted by Gasteiger charge is -2.10. The zero-order valence-corrected chi connectivity index (χ0v) is 15.6. The second kappa shape index (κ2) is 8.65. The van der Waals surface area contributed by atoms with Crippen molar-refractivity contribution in [1.82, 2.24) is 10.3 Å². The fourth-order valence-electron chi connectivity index (χ4n) is 1.99. The quantitative estimate of drug-likeness (QED) is 0.591. The van der Waals surface area contributed by atoms with Crippen LogP contribution in [0.3, 0.4) is 0 Å². The highest BCUT2D eigenvalue weighted by molar-refractivity contribution is 7.89. The van der Waals surface area contributed by atoms with Crippen LogP contribution in [0.15, 0.2) is 53.4 Å². The predicted molar refractivity (Wildman–Crippen MR) is 98.0 cm³/mol. The van der Waals surface area contributed by atoms with Crippen molar-refractivity contribution in [2.75, 3.05) is 6.61 Å². The lowest BCUT2D eigenvalue weighted by atomic mass is 10.2. The van der Waals surface area contributed by atoms with Crippen LogP contribution in [0.25, 0.3) is 0 Å². The van der Waals surface area contributed by atoms with Crippen molar-refractivity contribution < 1.29 is 27.9 Å². The van der Waals surface area contributed by atoms with E-state index in [0.29, 0.717) is 18.3 Å². The van der Waals surface area contributed by atoms with E-state index in [2.05, 4.69) is 5.43 Å². The fraction of sp³-hybridized carbons (Fsp3) is 0.222. The van der Waals surface area contributed by atoms with Crippen LogP contribution in [0, 0.1) is 5.92 Å². The number of carbonyl (C=O) groups is 2. The van der Waals surface area contributed by atoms with Gasteiger partial charge < -0.3 is 9.84 Å². The summed E-state index contributed by atoms with van der Waals surface area (Å²) in [5.41, 5.74) is 2.31. The molecule has 1 amide bonds. The molecule has 2 rings (SSSR count). The molecular formula is C18H20N2O6S. The topological polar surface area (TPSA) is 122 Å². The predicted octanol–water partition coefficient (Wildman–Crippen LogP) is 2.04. The number of hydrogen-bond acceptors (Lipinski definition) is 5. The molecule has 9 heteroatoms. The molecule has 3 N–H and O–H groups in total. The molecule has 0 spiro atoms. The third kappa shape index (κ3) is 5.80. The molecule has 0 aliphatic rings. The number of carbonyl (C=O) groups excluding carboxylic acids is 1. The van der Waals surface area contributed by atoms with Gasteiger partial charge in [0.25, 0.3) is 15.9 Å². The Morgan fingerprint density at radius 3 is 2.07 bits per heavy atom. The third-order valence-electron chi connectivity index (χ3n) is 3.41. The molecule has 0 atom stereocenters. The number of carboxylic acids is 1. The molecule has 0 aromatic heterocycles. The highest BCUT2D eigenvalue weighted by Gasteiger charge is 2.16.